The van der Waals surface area contributed by atoms with Crippen LogP contribution in [0, 0.1) is 5.82 Å². The maximum absolute atomic E-state index is 13.2. The normalized spacial score (nSPS) is 10.8. The molecule has 0 bridgehead atoms. The molecule has 2 aromatic rings. The molecule has 1 aromatic heterocycles. The van der Waals surface area contributed by atoms with E-state index in [1.807, 2.05) is 18.2 Å². The molecule has 0 aliphatic heterocycles. The first-order valence-corrected chi connectivity index (χ1v) is 6.67. The van der Waals surface area contributed by atoms with E-state index >= 15 is 0 Å². The minimum Gasteiger partial charge on any atom is -0.439 e. The number of pyridine rings is 1. The highest BCUT2D eigenvalue weighted by Gasteiger charge is 2.09. The summed E-state index contributed by atoms with van der Waals surface area (Å²) in [7, 11) is 1.80. The summed E-state index contributed by atoms with van der Waals surface area (Å²) in [6, 6.07) is 9.31. The van der Waals surface area contributed by atoms with Crippen LogP contribution in [0.15, 0.2) is 36.5 Å². The van der Waals surface area contributed by atoms with Gasteiger partial charge < -0.3 is 10.1 Å². The predicted octanol–water partition coefficient (Wildman–Crippen LogP) is 3.86. The van der Waals surface area contributed by atoms with E-state index in [4.69, 9.17) is 4.74 Å². The molecule has 0 saturated heterocycles. The summed E-state index contributed by atoms with van der Waals surface area (Å²) in [6.45, 7) is 4.76. The molecule has 0 amide bonds. The van der Waals surface area contributed by atoms with Crippen molar-refractivity contribution in [2.45, 2.75) is 26.3 Å². The van der Waals surface area contributed by atoms with Gasteiger partial charge >= 0.3 is 0 Å². The second-order valence-electron chi connectivity index (χ2n) is 4.98. The summed E-state index contributed by atoms with van der Waals surface area (Å²) in [5.41, 5.74) is 1.89. The fourth-order valence-electron chi connectivity index (χ4n) is 1.93. The van der Waals surface area contributed by atoms with Gasteiger partial charge in [0.2, 0.25) is 5.88 Å². The van der Waals surface area contributed by atoms with Crippen LogP contribution in [0.25, 0.3) is 0 Å². The minimum absolute atomic E-state index is 0.362. The molecule has 1 heterocycles. The number of rotatable bonds is 5. The van der Waals surface area contributed by atoms with Gasteiger partial charge in [0.15, 0.2) is 0 Å². The zero-order valence-electron chi connectivity index (χ0n) is 12.0. The largest absolute Gasteiger partial charge is 0.439 e. The molecule has 0 aliphatic rings. The van der Waals surface area contributed by atoms with Gasteiger partial charge in [-0.15, -0.1) is 0 Å². The van der Waals surface area contributed by atoms with Crippen molar-refractivity contribution >= 4 is 0 Å². The first-order valence-electron chi connectivity index (χ1n) is 6.67. The van der Waals surface area contributed by atoms with Gasteiger partial charge in [-0.2, -0.15) is 0 Å². The molecule has 4 heteroatoms. The van der Waals surface area contributed by atoms with Crippen LogP contribution in [0.2, 0.25) is 0 Å². The molecule has 0 spiro atoms. The number of halogens is 1. The molecule has 1 N–H and O–H groups in total. The number of nitrogens with one attached hydrogen (secondary N) is 1. The van der Waals surface area contributed by atoms with Crippen molar-refractivity contribution in [1.29, 1.82) is 0 Å². The highest BCUT2D eigenvalue weighted by atomic mass is 19.1. The van der Waals surface area contributed by atoms with Crippen LogP contribution in [-0.2, 0) is 6.54 Å². The lowest BCUT2D eigenvalue weighted by Crippen LogP contribution is -2.07. The molecule has 0 unspecified atom stereocenters. The summed E-state index contributed by atoms with van der Waals surface area (Å²) >= 11 is 0. The fourth-order valence-corrected chi connectivity index (χ4v) is 1.93. The van der Waals surface area contributed by atoms with Gasteiger partial charge in [-0.05, 0) is 36.7 Å². The van der Waals surface area contributed by atoms with Gasteiger partial charge in [0, 0.05) is 12.1 Å². The smallest absolute Gasteiger partial charge is 0.223 e. The van der Waals surface area contributed by atoms with E-state index in [9.17, 15) is 4.39 Å². The lowest BCUT2D eigenvalue weighted by atomic mass is 10.0. The quantitative estimate of drug-likeness (QED) is 0.899. The second kappa shape index (κ2) is 6.48. The van der Waals surface area contributed by atoms with Crippen molar-refractivity contribution in [2.75, 3.05) is 7.05 Å². The molecule has 20 heavy (non-hydrogen) atoms. The molecule has 0 saturated carbocycles. The molecule has 0 atom stereocenters. The first kappa shape index (κ1) is 14.5. The van der Waals surface area contributed by atoms with Crippen LogP contribution >= 0.6 is 0 Å². The van der Waals surface area contributed by atoms with Crippen molar-refractivity contribution in [3.05, 3.63) is 53.5 Å². The summed E-state index contributed by atoms with van der Waals surface area (Å²) in [5, 5.41) is 2.98. The van der Waals surface area contributed by atoms with Gasteiger partial charge in [-0.3, -0.25) is 0 Å². The Kier molecular flexibility index (Phi) is 4.69. The number of nitrogens with zero attached hydrogens (tertiary/aromatic N) is 1. The Morgan fingerprint density at radius 2 is 2.10 bits per heavy atom. The Hall–Kier alpha value is -1.94. The Bertz CT molecular complexity index is 584. The van der Waals surface area contributed by atoms with Crippen molar-refractivity contribution in [1.82, 2.24) is 10.3 Å². The SMILES string of the molecule is CNCc1cc(F)cnc1Oc1cccc(C(C)C)c1. The van der Waals surface area contributed by atoms with Crippen molar-refractivity contribution in [2.24, 2.45) is 0 Å². The van der Waals surface area contributed by atoms with E-state index in [1.54, 1.807) is 7.05 Å². The summed E-state index contributed by atoms with van der Waals surface area (Å²) in [4.78, 5) is 4.03. The summed E-state index contributed by atoms with van der Waals surface area (Å²) in [6.07, 6.45) is 1.17. The van der Waals surface area contributed by atoms with Gasteiger partial charge in [0.1, 0.15) is 11.6 Å². The Morgan fingerprint density at radius 3 is 2.80 bits per heavy atom. The molecule has 3 nitrogen and oxygen atoms in total. The molecule has 0 radical (unpaired) electrons. The van der Waals surface area contributed by atoms with E-state index in [0.717, 1.165) is 0 Å². The summed E-state index contributed by atoms with van der Waals surface area (Å²) in [5.74, 6) is 1.21. The predicted molar refractivity (Wildman–Crippen MR) is 77.6 cm³/mol. The van der Waals surface area contributed by atoms with Crippen LogP contribution in [0.5, 0.6) is 11.6 Å². The maximum Gasteiger partial charge on any atom is 0.223 e. The molecule has 0 fully saturated rings. The average molecular weight is 274 g/mol. The number of hydrogen-bond acceptors (Lipinski definition) is 3. The van der Waals surface area contributed by atoms with Crippen molar-refractivity contribution in [3.63, 3.8) is 0 Å². The Balaban J connectivity index is 2.27. The van der Waals surface area contributed by atoms with Gasteiger partial charge in [-0.1, -0.05) is 26.0 Å². The van der Waals surface area contributed by atoms with Crippen LogP contribution in [0.4, 0.5) is 4.39 Å². The fraction of sp³-hybridized carbons (Fsp3) is 0.312. The van der Waals surface area contributed by atoms with Gasteiger partial charge in [0.05, 0.1) is 6.20 Å². The topological polar surface area (TPSA) is 34.2 Å². The third-order valence-corrected chi connectivity index (χ3v) is 3.00. The average Bonchev–Trinajstić information content (AvgIpc) is 2.42. The van der Waals surface area contributed by atoms with Crippen molar-refractivity contribution < 1.29 is 9.13 Å². The molecule has 2 rings (SSSR count). The number of aromatic nitrogens is 1. The van der Waals surface area contributed by atoms with Crippen LogP contribution in [0.3, 0.4) is 0 Å². The van der Waals surface area contributed by atoms with E-state index in [0.29, 0.717) is 29.7 Å². The van der Waals surface area contributed by atoms with Crippen LogP contribution in [0.1, 0.15) is 30.9 Å². The number of ether oxygens (including phenoxy) is 1. The van der Waals surface area contributed by atoms with E-state index < -0.39 is 0 Å². The first-order chi connectivity index (χ1) is 9.60. The third-order valence-electron chi connectivity index (χ3n) is 3.00. The van der Waals surface area contributed by atoms with Crippen LogP contribution in [-0.4, -0.2) is 12.0 Å². The van der Waals surface area contributed by atoms with E-state index in [1.165, 1.54) is 17.8 Å². The standard InChI is InChI=1S/C16H19FN2O/c1-11(2)12-5-4-6-15(8-12)20-16-13(9-18-3)7-14(17)10-19-16/h4-8,10-11,18H,9H2,1-3H3. The molecule has 0 aliphatic carbocycles. The van der Waals surface area contributed by atoms with Gasteiger partial charge in [0.25, 0.3) is 0 Å². The summed E-state index contributed by atoms with van der Waals surface area (Å²) < 4.78 is 19.0. The lowest BCUT2D eigenvalue weighted by molar-refractivity contribution is 0.449. The van der Waals surface area contributed by atoms with E-state index in [2.05, 4.69) is 30.2 Å². The third kappa shape index (κ3) is 3.54. The maximum atomic E-state index is 13.2. The monoisotopic (exact) mass is 274 g/mol. The Morgan fingerprint density at radius 1 is 1.30 bits per heavy atom. The zero-order valence-corrected chi connectivity index (χ0v) is 12.0. The minimum atomic E-state index is -0.362. The highest BCUT2D eigenvalue weighted by molar-refractivity contribution is 5.35. The van der Waals surface area contributed by atoms with Gasteiger partial charge in [-0.25, -0.2) is 9.37 Å². The van der Waals surface area contributed by atoms with Crippen molar-refractivity contribution in [3.8, 4) is 11.6 Å². The molecule has 106 valence electrons. The number of benzene rings is 1. The van der Waals surface area contributed by atoms with E-state index in [-0.39, 0.29) is 5.82 Å². The highest BCUT2D eigenvalue weighted by Crippen LogP contribution is 2.26. The zero-order chi connectivity index (χ0) is 14.5. The Labute approximate surface area is 118 Å². The number of hydrogen-bond donors (Lipinski definition) is 1. The molecular formula is C16H19FN2O. The molecule has 1 aromatic carbocycles. The van der Waals surface area contributed by atoms with Crippen LogP contribution < -0.4 is 10.1 Å². The lowest BCUT2D eigenvalue weighted by Gasteiger charge is -2.12. The molecular weight excluding hydrogens is 255 g/mol. The second-order valence-corrected chi connectivity index (χ2v) is 4.98.